The fourth-order valence-electron chi connectivity index (χ4n) is 3.48. The van der Waals surface area contributed by atoms with Crippen LogP contribution in [-0.4, -0.2) is 72.5 Å². The van der Waals surface area contributed by atoms with Crippen LogP contribution in [-0.2, 0) is 9.47 Å². The third-order valence-corrected chi connectivity index (χ3v) is 5.01. The lowest BCUT2D eigenvalue weighted by atomic mass is 10.1. The molecule has 8 heteroatoms. The Kier molecular flexibility index (Phi) is 4.35. The molecule has 27 heavy (non-hydrogen) atoms. The van der Waals surface area contributed by atoms with E-state index in [-0.39, 0.29) is 0 Å². The van der Waals surface area contributed by atoms with Crippen molar-refractivity contribution in [2.75, 3.05) is 62.4 Å². The van der Waals surface area contributed by atoms with Crippen molar-refractivity contribution >= 4 is 22.8 Å². The van der Waals surface area contributed by atoms with E-state index in [2.05, 4.69) is 39.0 Å². The summed E-state index contributed by atoms with van der Waals surface area (Å²) in [6.07, 6.45) is 1.94. The molecule has 0 radical (unpaired) electrons. The van der Waals surface area contributed by atoms with Crippen molar-refractivity contribution in [3.63, 3.8) is 0 Å². The first-order chi connectivity index (χ1) is 13.4. The van der Waals surface area contributed by atoms with E-state index in [0.717, 1.165) is 54.5 Å². The van der Waals surface area contributed by atoms with E-state index < -0.39 is 0 Å². The van der Waals surface area contributed by atoms with Crippen molar-refractivity contribution in [3.8, 4) is 11.4 Å². The molecule has 2 aromatic heterocycles. The van der Waals surface area contributed by atoms with Gasteiger partial charge < -0.3 is 24.3 Å². The third kappa shape index (κ3) is 3.33. The minimum absolute atomic E-state index is 0.698. The minimum Gasteiger partial charge on any atom is -0.378 e. The Bertz CT molecular complexity index is 895. The number of fused-ring (bicyclic) bond motifs is 1. The number of rotatable bonds is 3. The highest BCUT2D eigenvalue weighted by Gasteiger charge is 2.21. The van der Waals surface area contributed by atoms with E-state index in [9.17, 15) is 0 Å². The summed E-state index contributed by atoms with van der Waals surface area (Å²) in [6.45, 7) is 5.97. The van der Waals surface area contributed by atoms with Gasteiger partial charge >= 0.3 is 0 Å². The molecule has 0 saturated carbocycles. The number of H-pyrrole nitrogens is 1. The number of nitrogens with one attached hydrogen (secondary N) is 1. The Balaban J connectivity index is 1.57. The third-order valence-electron chi connectivity index (χ3n) is 5.01. The van der Waals surface area contributed by atoms with Gasteiger partial charge in [0.1, 0.15) is 0 Å². The average Bonchev–Trinajstić information content (AvgIpc) is 3.22. The van der Waals surface area contributed by atoms with Crippen molar-refractivity contribution < 1.29 is 9.47 Å². The van der Waals surface area contributed by atoms with E-state index in [1.165, 1.54) is 0 Å². The second kappa shape index (κ2) is 7.13. The number of ether oxygens (including phenoxy) is 2. The van der Waals surface area contributed by atoms with Crippen molar-refractivity contribution in [1.29, 1.82) is 0 Å². The molecule has 3 aromatic rings. The highest BCUT2D eigenvalue weighted by molar-refractivity contribution is 5.84. The Morgan fingerprint density at radius 1 is 0.778 bits per heavy atom. The van der Waals surface area contributed by atoms with Gasteiger partial charge in [0.15, 0.2) is 5.82 Å². The Morgan fingerprint density at radius 2 is 1.41 bits per heavy atom. The summed E-state index contributed by atoms with van der Waals surface area (Å²) in [5.41, 5.74) is 2.10. The Hall–Kier alpha value is -2.71. The van der Waals surface area contributed by atoms with Crippen molar-refractivity contribution in [1.82, 2.24) is 19.9 Å². The summed E-state index contributed by atoms with van der Waals surface area (Å²) in [5.74, 6) is 2.15. The second-order valence-electron chi connectivity index (χ2n) is 6.74. The first-order valence-corrected chi connectivity index (χ1v) is 9.36. The molecule has 0 spiro atoms. The maximum Gasteiger partial charge on any atom is 0.230 e. The molecule has 140 valence electrons. The van der Waals surface area contributed by atoms with E-state index in [1.54, 1.807) is 0 Å². The SMILES string of the molecule is c1cc2cc(-c3nc(N4CCOCC4)nc(N4CCOCC4)n3)ccc2[nH]1. The first-order valence-electron chi connectivity index (χ1n) is 9.36. The van der Waals surface area contributed by atoms with Crippen LogP contribution in [0.15, 0.2) is 30.5 Å². The molecule has 2 aliphatic rings. The number of hydrogen-bond donors (Lipinski definition) is 1. The zero-order valence-corrected chi connectivity index (χ0v) is 15.1. The lowest BCUT2D eigenvalue weighted by molar-refractivity contribution is 0.121. The largest absolute Gasteiger partial charge is 0.378 e. The van der Waals surface area contributed by atoms with Crippen molar-refractivity contribution in [3.05, 3.63) is 30.5 Å². The summed E-state index contributed by atoms with van der Waals surface area (Å²) >= 11 is 0. The highest BCUT2D eigenvalue weighted by Crippen LogP contribution is 2.25. The molecule has 0 amide bonds. The monoisotopic (exact) mass is 366 g/mol. The van der Waals surface area contributed by atoms with Crippen LogP contribution in [0.3, 0.4) is 0 Å². The van der Waals surface area contributed by atoms with E-state index >= 15 is 0 Å². The van der Waals surface area contributed by atoms with Gasteiger partial charge in [-0.2, -0.15) is 15.0 Å². The van der Waals surface area contributed by atoms with Crippen LogP contribution in [0.5, 0.6) is 0 Å². The number of nitrogens with zero attached hydrogens (tertiary/aromatic N) is 5. The zero-order chi connectivity index (χ0) is 18.1. The molecule has 0 aliphatic carbocycles. The molecule has 8 nitrogen and oxygen atoms in total. The first kappa shape index (κ1) is 16.5. The molecule has 2 fully saturated rings. The fourth-order valence-corrected chi connectivity index (χ4v) is 3.48. The second-order valence-corrected chi connectivity index (χ2v) is 6.74. The molecule has 5 rings (SSSR count). The summed E-state index contributed by atoms with van der Waals surface area (Å²) in [5, 5.41) is 1.15. The molecular formula is C19H22N6O2. The topological polar surface area (TPSA) is 79.4 Å². The smallest absolute Gasteiger partial charge is 0.230 e. The summed E-state index contributed by atoms with van der Waals surface area (Å²) in [7, 11) is 0. The number of morpholine rings is 2. The number of anilines is 2. The Labute approximate surface area is 157 Å². The summed E-state index contributed by atoms with van der Waals surface area (Å²) in [6, 6.07) is 8.30. The quantitative estimate of drug-likeness (QED) is 0.756. The van der Waals surface area contributed by atoms with Crippen molar-refractivity contribution in [2.24, 2.45) is 0 Å². The van der Waals surface area contributed by atoms with Gasteiger partial charge in [-0.25, -0.2) is 0 Å². The number of aromatic nitrogens is 4. The standard InChI is InChI=1S/C19H22N6O2/c1-2-16-14(3-4-20-16)13-15(1)17-21-18(24-5-9-26-10-6-24)23-19(22-17)25-7-11-27-12-8-25/h1-4,13,20H,5-12H2. The average molecular weight is 366 g/mol. The maximum atomic E-state index is 5.48. The van der Waals surface area contributed by atoms with Gasteiger partial charge in [-0.1, -0.05) is 0 Å². The number of aromatic amines is 1. The van der Waals surface area contributed by atoms with E-state index in [1.807, 2.05) is 6.20 Å². The zero-order valence-electron chi connectivity index (χ0n) is 15.1. The van der Waals surface area contributed by atoms with E-state index in [4.69, 9.17) is 24.4 Å². The lowest BCUT2D eigenvalue weighted by Crippen LogP contribution is -2.40. The molecular weight excluding hydrogens is 344 g/mol. The normalized spacial score (nSPS) is 18.2. The van der Waals surface area contributed by atoms with Gasteiger partial charge in [-0.05, 0) is 24.3 Å². The van der Waals surface area contributed by atoms with Gasteiger partial charge in [0.2, 0.25) is 11.9 Å². The highest BCUT2D eigenvalue weighted by atomic mass is 16.5. The fraction of sp³-hybridized carbons (Fsp3) is 0.421. The van der Waals surface area contributed by atoms with Crippen LogP contribution in [0.1, 0.15) is 0 Å². The van der Waals surface area contributed by atoms with Crippen molar-refractivity contribution in [2.45, 2.75) is 0 Å². The molecule has 4 heterocycles. The van der Waals surface area contributed by atoms with Gasteiger partial charge in [-0.3, -0.25) is 0 Å². The van der Waals surface area contributed by atoms with Crippen LogP contribution in [0.4, 0.5) is 11.9 Å². The van der Waals surface area contributed by atoms with Crippen LogP contribution >= 0.6 is 0 Å². The molecule has 1 N–H and O–H groups in total. The predicted molar refractivity (Wildman–Crippen MR) is 103 cm³/mol. The molecule has 2 aliphatic heterocycles. The molecule has 0 atom stereocenters. The molecule has 0 unspecified atom stereocenters. The molecule has 2 saturated heterocycles. The van der Waals surface area contributed by atoms with Gasteiger partial charge in [0.25, 0.3) is 0 Å². The molecule has 1 aromatic carbocycles. The van der Waals surface area contributed by atoms with Crippen LogP contribution in [0.25, 0.3) is 22.3 Å². The summed E-state index contributed by atoms with van der Waals surface area (Å²) in [4.78, 5) is 21.9. The van der Waals surface area contributed by atoms with Crippen LogP contribution < -0.4 is 9.80 Å². The summed E-state index contributed by atoms with van der Waals surface area (Å²) < 4.78 is 11.0. The van der Waals surface area contributed by atoms with E-state index in [0.29, 0.717) is 32.3 Å². The maximum absolute atomic E-state index is 5.48. The van der Waals surface area contributed by atoms with Gasteiger partial charge in [0.05, 0.1) is 26.4 Å². The number of benzene rings is 1. The van der Waals surface area contributed by atoms with Crippen LogP contribution in [0, 0.1) is 0 Å². The lowest BCUT2D eigenvalue weighted by Gasteiger charge is -2.30. The Morgan fingerprint density at radius 3 is 2.04 bits per heavy atom. The van der Waals surface area contributed by atoms with Gasteiger partial charge in [-0.15, -0.1) is 0 Å². The van der Waals surface area contributed by atoms with Crippen LogP contribution in [0.2, 0.25) is 0 Å². The predicted octanol–water partition coefficient (Wildman–Crippen LogP) is 1.69. The molecule has 0 bridgehead atoms. The minimum atomic E-state index is 0.698. The van der Waals surface area contributed by atoms with Gasteiger partial charge in [0, 0.05) is 48.8 Å². The number of hydrogen-bond acceptors (Lipinski definition) is 7.